The highest BCUT2D eigenvalue weighted by molar-refractivity contribution is 7.89. The van der Waals surface area contributed by atoms with Crippen LogP contribution in [0.15, 0.2) is 23.1 Å². The number of fused-ring (bicyclic) bond motifs is 1. The molecular formula is C15H24N2O2S. The molecule has 0 saturated carbocycles. The summed E-state index contributed by atoms with van der Waals surface area (Å²) >= 11 is 0. The standard InChI is InChI=1S/C15H24N2O2S/c1-11(2)7-12(3)17(4)20(18,19)15-6-5-13-9-16-10-14(13)8-15/h5-6,8,11-12,16H,7,9-10H2,1-4H3. The van der Waals surface area contributed by atoms with E-state index in [1.165, 1.54) is 9.87 Å². The van der Waals surface area contributed by atoms with Crippen LogP contribution in [-0.4, -0.2) is 25.8 Å². The van der Waals surface area contributed by atoms with Crippen molar-refractivity contribution in [2.75, 3.05) is 7.05 Å². The van der Waals surface area contributed by atoms with Gasteiger partial charge in [-0.15, -0.1) is 0 Å². The van der Waals surface area contributed by atoms with Crippen LogP contribution in [0.1, 0.15) is 38.3 Å². The molecule has 112 valence electrons. The molecule has 2 rings (SSSR count). The summed E-state index contributed by atoms with van der Waals surface area (Å²) in [6, 6.07) is 5.46. The molecule has 20 heavy (non-hydrogen) atoms. The third-order valence-electron chi connectivity index (χ3n) is 3.92. The topological polar surface area (TPSA) is 49.4 Å². The van der Waals surface area contributed by atoms with Gasteiger partial charge in [0.1, 0.15) is 0 Å². The molecule has 0 fully saturated rings. The summed E-state index contributed by atoms with van der Waals surface area (Å²) in [5, 5.41) is 3.24. The van der Waals surface area contributed by atoms with Gasteiger partial charge >= 0.3 is 0 Å². The molecular weight excluding hydrogens is 272 g/mol. The third-order valence-corrected chi connectivity index (χ3v) is 5.89. The summed E-state index contributed by atoms with van der Waals surface area (Å²) in [5.74, 6) is 0.479. The van der Waals surface area contributed by atoms with E-state index >= 15 is 0 Å². The molecule has 1 N–H and O–H groups in total. The molecule has 1 heterocycles. The predicted molar refractivity (Wildman–Crippen MR) is 80.9 cm³/mol. The van der Waals surface area contributed by atoms with Crippen LogP contribution in [0.4, 0.5) is 0 Å². The molecule has 4 nitrogen and oxygen atoms in total. The smallest absolute Gasteiger partial charge is 0.243 e. The van der Waals surface area contributed by atoms with Gasteiger partial charge in [-0.3, -0.25) is 0 Å². The first-order valence-electron chi connectivity index (χ1n) is 7.13. The number of hydrogen-bond donors (Lipinski definition) is 1. The summed E-state index contributed by atoms with van der Waals surface area (Å²) in [5.41, 5.74) is 2.29. The molecule has 0 radical (unpaired) electrons. The Morgan fingerprint density at radius 2 is 1.85 bits per heavy atom. The summed E-state index contributed by atoms with van der Waals surface area (Å²) < 4.78 is 26.8. The van der Waals surface area contributed by atoms with Crippen LogP contribution in [0, 0.1) is 5.92 Å². The van der Waals surface area contributed by atoms with E-state index < -0.39 is 10.0 Å². The van der Waals surface area contributed by atoms with Crippen molar-refractivity contribution >= 4 is 10.0 Å². The van der Waals surface area contributed by atoms with Crippen molar-refractivity contribution in [2.45, 2.75) is 51.2 Å². The zero-order valence-corrected chi connectivity index (χ0v) is 13.5. The fourth-order valence-corrected chi connectivity index (χ4v) is 4.09. The van der Waals surface area contributed by atoms with Gasteiger partial charge in [0, 0.05) is 26.2 Å². The highest BCUT2D eigenvalue weighted by Gasteiger charge is 2.26. The first kappa shape index (κ1) is 15.5. The number of nitrogens with one attached hydrogen (secondary N) is 1. The normalized spacial score (nSPS) is 16.7. The Morgan fingerprint density at radius 3 is 2.50 bits per heavy atom. The lowest BCUT2D eigenvalue weighted by atomic mass is 10.1. The fraction of sp³-hybridized carbons (Fsp3) is 0.600. The van der Waals surface area contributed by atoms with E-state index in [1.807, 2.05) is 19.1 Å². The van der Waals surface area contributed by atoms with Gasteiger partial charge in [0.2, 0.25) is 10.0 Å². The van der Waals surface area contributed by atoms with Crippen LogP contribution in [0.25, 0.3) is 0 Å². The van der Waals surface area contributed by atoms with Crippen molar-refractivity contribution in [1.82, 2.24) is 9.62 Å². The van der Waals surface area contributed by atoms with Crippen molar-refractivity contribution in [3.05, 3.63) is 29.3 Å². The van der Waals surface area contributed by atoms with Crippen molar-refractivity contribution < 1.29 is 8.42 Å². The Labute approximate surface area is 122 Å². The minimum absolute atomic E-state index is 0.00591. The lowest BCUT2D eigenvalue weighted by Gasteiger charge is -2.25. The Hall–Kier alpha value is -0.910. The Bertz CT molecular complexity index is 582. The first-order chi connectivity index (χ1) is 9.32. The molecule has 0 aromatic heterocycles. The van der Waals surface area contributed by atoms with Gasteiger partial charge in [-0.25, -0.2) is 8.42 Å². The van der Waals surface area contributed by atoms with E-state index in [9.17, 15) is 8.42 Å². The maximum atomic E-state index is 12.7. The largest absolute Gasteiger partial charge is 0.309 e. The molecule has 1 aromatic rings. The van der Waals surface area contributed by atoms with Crippen molar-refractivity contribution in [3.63, 3.8) is 0 Å². The molecule has 0 amide bonds. The molecule has 1 atom stereocenters. The van der Waals surface area contributed by atoms with Gasteiger partial charge in [0.25, 0.3) is 0 Å². The number of hydrogen-bond acceptors (Lipinski definition) is 3. The highest BCUT2D eigenvalue weighted by Crippen LogP contribution is 2.24. The summed E-state index contributed by atoms with van der Waals surface area (Å²) in [6.45, 7) is 7.77. The van der Waals surface area contributed by atoms with Crippen molar-refractivity contribution in [1.29, 1.82) is 0 Å². The maximum absolute atomic E-state index is 12.7. The van der Waals surface area contributed by atoms with E-state index in [1.54, 1.807) is 13.1 Å². The fourth-order valence-electron chi connectivity index (χ4n) is 2.67. The van der Waals surface area contributed by atoms with Crippen LogP contribution in [0.3, 0.4) is 0 Å². The van der Waals surface area contributed by atoms with Crippen LogP contribution >= 0.6 is 0 Å². The van der Waals surface area contributed by atoms with Crippen molar-refractivity contribution in [2.24, 2.45) is 5.92 Å². The predicted octanol–water partition coefficient (Wildman–Crippen LogP) is 2.34. The average molecular weight is 296 g/mol. The van der Waals surface area contributed by atoms with Gasteiger partial charge in [-0.2, -0.15) is 4.31 Å². The molecule has 1 unspecified atom stereocenters. The summed E-state index contributed by atoms with van der Waals surface area (Å²) in [4.78, 5) is 0.401. The van der Waals surface area contributed by atoms with E-state index in [2.05, 4.69) is 19.2 Å². The Balaban J connectivity index is 2.26. The van der Waals surface area contributed by atoms with Gasteiger partial charge in [0.15, 0.2) is 0 Å². The molecule has 1 aliphatic rings. The Kier molecular flexibility index (Phi) is 4.52. The van der Waals surface area contributed by atoms with Gasteiger partial charge in [0.05, 0.1) is 4.90 Å². The molecule has 0 aliphatic carbocycles. The van der Waals surface area contributed by atoms with Crippen LogP contribution in [-0.2, 0) is 23.1 Å². The molecule has 0 bridgehead atoms. The lowest BCUT2D eigenvalue weighted by Crippen LogP contribution is -2.35. The molecule has 1 aliphatic heterocycles. The number of rotatable bonds is 5. The van der Waals surface area contributed by atoms with E-state index in [0.717, 1.165) is 25.1 Å². The zero-order chi connectivity index (χ0) is 14.9. The van der Waals surface area contributed by atoms with E-state index in [0.29, 0.717) is 10.8 Å². The van der Waals surface area contributed by atoms with Crippen LogP contribution in [0.5, 0.6) is 0 Å². The number of nitrogens with zero attached hydrogens (tertiary/aromatic N) is 1. The Morgan fingerprint density at radius 1 is 1.20 bits per heavy atom. The minimum Gasteiger partial charge on any atom is -0.309 e. The van der Waals surface area contributed by atoms with E-state index in [-0.39, 0.29) is 6.04 Å². The maximum Gasteiger partial charge on any atom is 0.243 e. The molecule has 0 spiro atoms. The number of sulfonamides is 1. The van der Waals surface area contributed by atoms with Crippen LogP contribution < -0.4 is 5.32 Å². The zero-order valence-electron chi connectivity index (χ0n) is 12.7. The third kappa shape index (κ3) is 3.05. The summed E-state index contributed by atoms with van der Waals surface area (Å²) in [7, 11) is -1.73. The van der Waals surface area contributed by atoms with Gasteiger partial charge < -0.3 is 5.32 Å². The van der Waals surface area contributed by atoms with Gasteiger partial charge in [-0.1, -0.05) is 19.9 Å². The first-order valence-corrected chi connectivity index (χ1v) is 8.57. The monoisotopic (exact) mass is 296 g/mol. The molecule has 0 saturated heterocycles. The van der Waals surface area contributed by atoms with Crippen molar-refractivity contribution in [3.8, 4) is 0 Å². The second-order valence-corrected chi connectivity index (χ2v) is 8.03. The van der Waals surface area contributed by atoms with Gasteiger partial charge in [-0.05, 0) is 42.5 Å². The SMILES string of the molecule is CC(C)CC(C)N(C)S(=O)(=O)c1ccc2c(c1)CNC2. The van der Waals surface area contributed by atoms with Crippen LogP contribution in [0.2, 0.25) is 0 Å². The quantitative estimate of drug-likeness (QED) is 0.907. The number of benzene rings is 1. The molecule has 5 heteroatoms. The second-order valence-electron chi connectivity index (χ2n) is 6.03. The second kappa shape index (κ2) is 5.84. The minimum atomic E-state index is -3.40. The highest BCUT2D eigenvalue weighted by atomic mass is 32.2. The average Bonchev–Trinajstić information content (AvgIpc) is 2.83. The molecule has 1 aromatic carbocycles. The summed E-state index contributed by atoms with van der Waals surface area (Å²) in [6.07, 6.45) is 0.863. The lowest BCUT2D eigenvalue weighted by molar-refractivity contribution is 0.338. The van der Waals surface area contributed by atoms with E-state index in [4.69, 9.17) is 0 Å².